The molecule has 3 rings (SSSR count). The van der Waals surface area contributed by atoms with Crippen molar-refractivity contribution in [2.45, 2.75) is 12.7 Å². The summed E-state index contributed by atoms with van der Waals surface area (Å²) in [5.74, 6) is 0.745. The summed E-state index contributed by atoms with van der Waals surface area (Å²) >= 11 is 5.84. The molecule has 1 heterocycles. The summed E-state index contributed by atoms with van der Waals surface area (Å²) in [6, 6.07) is 13.8. The number of aromatic nitrogens is 2. The van der Waals surface area contributed by atoms with Gasteiger partial charge in [-0.2, -0.15) is 18.2 Å². The first-order chi connectivity index (χ1) is 12.4. The minimum absolute atomic E-state index is 0.294. The molecule has 0 saturated heterocycles. The Labute approximate surface area is 153 Å². The molecule has 0 fully saturated rings. The zero-order valence-electron chi connectivity index (χ0n) is 13.4. The minimum Gasteiger partial charge on any atom is -0.350 e. The quantitative estimate of drug-likeness (QED) is 0.615. The fourth-order valence-corrected chi connectivity index (χ4v) is 2.34. The Morgan fingerprint density at radius 1 is 1.00 bits per heavy atom. The molecule has 134 valence electrons. The van der Waals surface area contributed by atoms with Gasteiger partial charge in [-0.3, -0.25) is 0 Å². The van der Waals surface area contributed by atoms with Crippen molar-refractivity contribution in [3.63, 3.8) is 0 Å². The van der Waals surface area contributed by atoms with Crippen LogP contribution in [0, 0.1) is 0 Å². The van der Waals surface area contributed by atoms with Crippen LogP contribution >= 0.6 is 11.6 Å². The average molecular weight is 379 g/mol. The molecule has 0 unspecified atom stereocenters. The van der Waals surface area contributed by atoms with E-state index in [1.807, 2.05) is 12.1 Å². The molecule has 2 aromatic carbocycles. The maximum absolute atomic E-state index is 12.8. The topological polar surface area (TPSA) is 49.8 Å². The summed E-state index contributed by atoms with van der Waals surface area (Å²) in [7, 11) is 0. The van der Waals surface area contributed by atoms with Crippen LogP contribution in [0.2, 0.25) is 5.02 Å². The lowest BCUT2D eigenvalue weighted by atomic mass is 10.2. The molecule has 0 aliphatic rings. The van der Waals surface area contributed by atoms with Gasteiger partial charge in [-0.25, -0.2) is 4.98 Å². The van der Waals surface area contributed by atoms with Gasteiger partial charge >= 0.3 is 6.18 Å². The molecule has 0 radical (unpaired) electrons. The van der Waals surface area contributed by atoms with Crippen molar-refractivity contribution >= 4 is 29.1 Å². The smallest absolute Gasteiger partial charge is 0.350 e. The maximum atomic E-state index is 12.8. The average Bonchev–Trinajstić information content (AvgIpc) is 2.61. The van der Waals surface area contributed by atoms with E-state index in [1.165, 1.54) is 18.3 Å². The summed E-state index contributed by atoms with van der Waals surface area (Å²) in [5.41, 5.74) is 0.564. The van der Waals surface area contributed by atoms with E-state index in [4.69, 9.17) is 11.6 Å². The summed E-state index contributed by atoms with van der Waals surface area (Å²) < 4.78 is 38.4. The fourth-order valence-electron chi connectivity index (χ4n) is 2.22. The van der Waals surface area contributed by atoms with Gasteiger partial charge in [-0.05, 0) is 42.0 Å². The second-order valence-electron chi connectivity index (χ2n) is 5.45. The van der Waals surface area contributed by atoms with Gasteiger partial charge in [-0.15, -0.1) is 0 Å². The first kappa shape index (κ1) is 18.0. The molecule has 8 heteroatoms. The molecule has 2 N–H and O–H groups in total. The highest BCUT2D eigenvalue weighted by atomic mass is 35.5. The molecule has 4 nitrogen and oxygen atoms in total. The van der Waals surface area contributed by atoms with Crippen LogP contribution in [-0.2, 0) is 12.7 Å². The standard InChI is InChI=1S/C18H14ClF3N4/c19-14-6-4-12(5-7-14)11-24-17-23-9-8-16(26-17)25-15-3-1-2-13(10-15)18(20,21)22/h1-10H,11H2,(H2,23,24,25,26). The third-order valence-corrected chi connectivity index (χ3v) is 3.73. The number of alkyl halides is 3. The normalized spacial score (nSPS) is 11.2. The third-order valence-electron chi connectivity index (χ3n) is 3.48. The molecule has 0 aliphatic heterocycles. The molecule has 0 aliphatic carbocycles. The van der Waals surface area contributed by atoms with Crippen molar-refractivity contribution in [3.8, 4) is 0 Å². The summed E-state index contributed by atoms with van der Waals surface area (Å²) in [5, 5.41) is 6.56. The second-order valence-corrected chi connectivity index (χ2v) is 5.89. The van der Waals surface area contributed by atoms with Gasteiger partial charge in [0.2, 0.25) is 5.95 Å². The Morgan fingerprint density at radius 3 is 2.50 bits per heavy atom. The van der Waals surface area contributed by atoms with E-state index in [0.29, 0.717) is 29.0 Å². The fraction of sp³-hybridized carbons (Fsp3) is 0.111. The predicted octanol–water partition coefficient (Wildman–Crippen LogP) is 5.50. The summed E-state index contributed by atoms with van der Waals surface area (Å²) in [6.07, 6.45) is -2.87. The zero-order valence-corrected chi connectivity index (χ0v) is 14.1. The number of nitrogens with one attached hydrogen (secondary N) is 2. The van der Waals surface area contributed by atoms with Crippen LogP contribution in [-0.4, -0.2) is 9.97 Å². The van der Waals surface area contributed by atoms with Gasteiger partial charge in [0, 0.05) is 23.5 Å². The third kappa shape index (κ3) is 4.86. The van der Waals surface area contributed by atoms with Gasteiger partial charge in [-0.1, -0.05) is 29.8 Å². The van der Waals surface area contributed by atoms with Crippen LogP contribution < -0.4 is 10.6 Å². The highest BCUT2D eigenvalue weighted by Gasteiger charge is 2.30. The number of hydrogen-bond donors (Lipinski definition) is 2. The molecular formula is C18H14ClF3N4. The Hall–Kier alpha value is -2.80. The lowest BCUT2D eigenvalue weighted by Gasteiger charge is -2.11. The lowest BCUT2D eigenvalue weighted by molar-refractivity contribution is -0.137. The highest BCUT2D eigenvalue weighted by molar-refractivity contribution is 6.30. The Bertz CT molecular complexity index is 882. The van der Waals surface area contributed by atoms with Crippen LogP contribution in [0.5, 0.6) is 0 Å². The van der Waals surface area contributed by atoms with Gasteiger partial charge in [0.15, 0.2) is 0 Å². The number of rotatable bonds is 5. The van der Waals surface area contributed by atoms with Crippen molar-refractivity contribution in [1.82, 2.24) is 9.97 Å². The van der Waals surface area contributed by atoms with Crippen molar-refractivity contribution < 1.29 is 13.2 Å². The van der Waals surface area contributed by atoms with E-state index in [0.717, 1.165) is 17.7 Å². The maximum Gasteiger partial charge on any atom is 0.416 e. The van der Waals surface area contributed by atoms with Crippen LogP contribution in [0.25, 0.3) is 0 Å². The van der Waals surface area contributed by atoms with Crippen molar-refractivity contribution in [2.24, 2.45) is 0 Å². The Morgan fingerprint density at radius 2 is 1.77 bits per heavy atom. The number of nitrogens with zero attached hydrogens (tertiary/aromatic N) is 2. The summed E-state index contributed by atoms with van der Waals surface area (Å²) in [6.45, 7) is 0.490. The minimum atomic E-state index is -4.39. The molecule has 0 amide bonds. The number of anilines is 3. The van der Waals surface area contributed by atoms with Crippen molar-refractivity contribution in [2.75, 3.05) is 10.6 Å². The van der Waals surface area contributed by atoms with E-state index in [1.54, 1.807) is 18.2 Å². The Kier molecular flexibility index (Phi) is 5.27. The zero-order chi connectivity index (χ0) is 18.6. The van der Waals surface area contributed by atoms with E-state index in [2.05, 4.69) is 20.6 Å². The first-order valence-electron chi connectivity index (χ1n) is 7.66. The highest BCUT2D eigenvalue weighted by Crippen LogP contribution is 2.31. The molecule has 0 bridgehead atoms. The lowest BCUT2D eigenvalue weighted by Crippen LogP contribution is -2.06. The largest absolute Gasteiger partial charge is 0.416 e. The van der Waals surface area contributed by atoms with Crippen molar-refractivity contribution in [1.29, 1.82) is 0 Å². The van der Waals surface area contributed by atoms with E-state index >= 15 is 0 Å². The summed E-state index contributed by atoms with van der Waals surface area (Å²) in [4.78, 5) is 8.35. The molecule has 0 atom stereocenters. The second kappa shape index (κ2) is 7.61. The number of benzene rings is 2. The van der Waals surface area contributed by atoms with Gasteiger partial charge in [0.05, 0.1) is 5.56 Å². The van der Waals surface area contributed by atoms with Crippen LogP contribution in [0.3, 0.4) is 0 Å². The molecule has 3 aromatic rings. The van der Waals surface area contributed by atoms with Crippen LogP contribution in [0.15, 0.2) is 60.8 Å². The van der Waals surface area contributed by atoms with Crippen molar-refractivity contribution in [3.05, 3.63) is 76.9 Å². The van der Waals surface area contributed by atoms with Gasteiger partial charge < -0.3 is 10.6 Å². The van der Waals surface area contributed by atoms with E-state index in [-0.39, 0.29) is 0 Å². The molecule has 26 heavy (non-hydrogen) atoms. The first-order valence-corrected chi connectivity index (χ1v) is 8.03. The van der Waals surface area contributed by atoms with Crippen LogP contribution in [0.1, 0.15) is 11.1 Å². The van der Waals surface area contributed by atoms with Gasteiger partial charge in [0.1, 0.15) is 5.82 Å². The number of hydrogen-bond acceptors (Lipinski definition) is 4. The molecular weight excluding hydrogens is 365 g/mol. The molecule has 0 spiro atoms. The molecule has 0 saturated carbocycles. The SMILES string of the molecule is FC(F)(F)c1cccc(Nc2ccnc(NCc3ccc(Cl)cc3)n2)c1. The van der Waals surface area contributed by atoms with E-state index in [9.17, 15) is 13.2 Å². The monoisotopic (exact) mass is 378 g/mol. The Balaban J connectivity index is 1.68. The van der Waals surface area contributed by atoms with Gasteiger partial charge in [0.25, 0.3) is 0 Å². The number of halogens is 4. The molecule has 1 aromatic heterocycles. The van der Waals surface area contributed by atoms with E-state index < -0.39 is 11.7 Å². The predicted molar refractivity (Wildman–Crippen MR) is 95.5 cm³/mol. The van der Waals surface area contributed by atoms with Crippen LogP contribution in [0.4, 0.5) is 30.6 Å².